The Bertz CT molecular complexity index is 256. The molecule has 0 rings (SSSR count). The number of carbonyl (C=O) groups excluding carboxylic acids is 1. The molecule has 19 heavy (non-hydrogen) atoms. The molecule has 0 aliphatic heterocycles. The molecule has 0 bridgehead atoms. The van der Waals surface area contributed by atoms with Gasteiger partial charge in [-0.2, -0.15) is 0 Å². The third kappa shape index (κ3) is 8.52. The summed E-state index contributed by atoms with van der Waals surface area (Å²) in [5.74, 6) is 1.94. The van der Waals surface area contributed by atoms with Gasteiger partial charge in [0.25, 0.3) is 0 Å². The van der Waals surface area contributed by atoms with Gasteiger partial charge in [0.1, 0.15) is 0 Å². The third-order valence-corrected chi connectivity index (χ3v) is 7.92. The largest absolute Gasteiger partial charge is 0.463 e. The third-order valence-electron chi connectivity index (χ3n) is 3.54. The van der Waals surface area contributed by atoms with Crippen LogP contribution in [0.2, 0.25) is 0 Å². The lowest BCUT2D eigenvalue weighted by Gasteiger charge is -2.26. The Morgan fingerprint density at radius 2 is 1.32 bits per heavy atom. The molecular weight excluding hydrogens is 255 g/mol. The first-order chi connectivity index (χ1) is 9.14. The van der Waals surface area contributed by atoms with Crippen molar-refractivity contribution in [2.24, 2.45) is 0 Å². The van der Waals surface area contributed by atoms with E-state index in [0.29, 0.717) is 6.61 Å². The highest BCUT2D eigenvalue weighted by Crippen LogP contribution is 2.49. The van der Waals surface area contributed by atoms with Gasteiger partial charge in [-0.25, -0.2) is 4.79 Å². The van der Waals surface area contributed by atoms with Gasteiger partial charge in [-0.05, 0) is 44.7 Å². The molecule has 0 aromatic rings. The minimum Gasteiger partial charge on any atom is -0.463 e. The normalized spacial score (nSPS) is 11.4. The van der Waals surface area contributed by atoms with Crippen molar-refractivity contribution < 1.29 is 9.53 Å². The highest BCUT2D eigenvalue weighted by Gasteiger charge is 2.18. The molecule has 0 aliphatic carbocycles. The van der Waals surface area contributed by atoms with E-state index in [1.54, 1.807) is 0 Å². The van der Waals surface area contributed by atoms with Gasteiger partial charge >= 0.3 is 5.97 Å². The van der Waals surface area contributed by atoms with Crippen LogP contribution >= 0.6 is 6.89 Å². The van der Waals surface area contributed by atoms with Crippen LogP contribution in [-0.2, 0) is 9.53 Å². The molecular formula is C16H33O2P. The fraction of sp³-hybridized carbons (Fsp3) is 0.875. The standard InChI is InChI=1S/C16H33O2P/c1-5-9-12-19(13-10-6-2,14-11-7-3)15-16(17)18-8-4/h15H,5-14H2,1-4H3. The zero-order chi connectivity index (χ0) is 14.6. The minimum atomic E-state index is -1.23. The van der Waals surface area contributed by atoms with Crippen molar-refractivity contribution >= 4 is 18.7 Å². The molecule has 0 saturated carbocycles. The molecule has 0 aromatic carbocycles. The van der Waals surface area contributed by atoms with Gasteiger partial charge in [0.15, 0.2) is 0 Å². The second kappa shape index (κ2) is 11.6. The van der Waals surface area contributed by atoms with Crippen molar-refractivity contribution in [3.63, 3.8) is 0 Å². The highest BCUT2D eigenvalue weighted by atomic mass is 31.2. The van der Waals surface area contributed by atoms with Gasteiger partial charge in [-0.3, -0.25) is 0 Å². The molecule has 0 unspecified atom stereocenters. The number of carbonyl (C=O) groups is 1. The Kier molecular flexibility index (Phi) is 11.4. The van der Waals surface area contributed by atoms with E-state index in [-0.39, 0.29) is 5.97 Å². The Labute approximate surface area is 120 Å². The average Bonchev–Trinajstić information content (AvgIpc) is 2.40. The number of rotatable bonds is 11. The molecule has 0 heterocycles. The summed E-state index contributed by atoms with van der Waals surface area (Å²) in [5, 5.41) is 0. The van der Waals surface area contributed by atoms with Crippen molar-refractivity contribution in [1.29, 1.82) is 0 Å². The van der Waals surface area contributed by atoms with Crippen LogP contribution in [0.1, 0.15) is 66.2 Å². The van der Waals surface area contributed by atoms with E-state index < -0.39 is 6.89 Å². The van der Waals surface area contributed by atoms with Crippen LogP contribution in [0.3, 0.4) is 0 Å². The highest BCUT2D eigenvalue weighted by molar-refractivity contribution is 7.76. The smallest absolute Gasteiger partial charge is 0.330 e. The summed E-state index contributed by atoms with van der Waals surface area (Å²) in [5.41, 5.74) is 0. The van der Waals surface area contributed by atoms with Crippen LogP contribution in [0.4, 0.5) is 0 Å². The van der Waals surface area contributed by atoms with Crippen LogP contribution in [0.15, 0.2) is 0 Å². The first-order valence-corrected chi connectivity index (χ1v) is 10.4. The molecule has 0 fully saturated rings. The van der Waals surface area contributed by atoms with Crippen LogP contribution in [0.5, 0.6) is 0 Å². The van der Waals surface area contributed by atoms with Crippen LogP contribution in [-0.4, -0.2) is 36.9 Å². The van der Waals surface area contributed by atoms with Gasteiger partial charge < -0.3 is 4.74 Å². The van der Waals surface area contributed by atoms with Gasteiger partial charge in [-0.1, -0.05) is 46.9 Å². The zero-order valence-electron chi connectivity index (χ0n) is 13.4. The Morgan fingerprint density at radius 1 is 0.895 bits per heavy atom. The summed E-state index contributed by atoms with van der Waals surface area (Å²) in [4.78, 5) is 11.9. The topological polar surface area (TPSA) is 26.3 Å². The maximum absolute atomic E-state index is 11.9. The molecule has 0 aromatic heterocycles. The summed E-state index contributed by atoms with van der Waals surface area (Å²) in [7, 11) is 0. The van der Waals surface area contributed by atoms with Gasteiger partial charge in [-0.15, -0.1) is 0 Å². The Hall–Kier alpha value is -0.230. The lowest BCUT2D eigenvalue weighted by Crippen LogP contribution is -2.12. The zero-order valence-corrected chi connectivity index (χ0v) is 14.3. The number of esters is 1. The van der Waals surface area contributed by atoms with E-state index in [2.05, 4.69) is 20.8 Å². The van der Waals surface area contributed by atoms with E-state index in [1.165, 1.54) is 57.0 Å². The fourth-order valence-electron chi connectivity index (χ4n) is 2.35. The predicted octanol–water partition coefficient (Wildman–Crippen LogP) is 4.77. The van der Waals surface area contributed by atoms with Crippen molar-refractivity contribution in [1.82, 2.24) is 0 Å². The summed E-state index contributed by atoms with van der Waals surface area (Å²) < 4.78 is 5.17. The van der Waals surface area contributed by atoms with Crippen molar-refractivity contribution in [2.75, 3.05) is 25.1 Å². The molecule has 114 valence electrons. The Morgan fingerprint density at radius 3 is 1.63 bits per heavy atom. The van der Waals surface area contributed by atoms with Crippen LogP contribution < -0.4 is 0 Å². The molecule has 0 spiro atoms. The molecule has 0 N–H and O–H groups in total. The molecule has 0 amide bonds. The molecule has 2 nitrogen and oxygen atoms in total. The van der Waals surface area contributed by atoms with Crippen molar-refractivity contribution in [3.8, 4) is 0 Å². The van der Waals surface area contributed by atoms with Crippen molar-refractivity contribution in [2.45, 2.75) is 66.2 Å². The minimum absolute atomic E-state index is 0.0702. The first kappa shape index (κ1) is 18.8. The summed E-state index contributed by atoms with van der Waals surface area (Å²) in [6.45, 7) is 7.85. The second-order valence-electron chi connectivity index (χ2n) is 5.33. The van der Waals surface area contributed by atoms with Gasteiger partial charge in [0.2, 0.25) is 0 Å². The molecule has 0 radical (unpaired) electrons. The number of hydrogen-bond acceptors (Lipinski definition) is 2. The van der Waals surface area contributed by atoms with E-state index in [4.69, 9.17) is 4.74 Å². The lowest BCUT2D eigenvalue weighted by molar-refractivity contribution is -0.134. The maximum atomic E-state index is 11.9. The van der Waals surface area contributed by atoms with Crippen LogP contribution in [0, 0.1) is 0 Å². The van der Waals surface area contributed by atoms with Crippen LogP contribution in [0.25, 0.3) is 0 Å². The number of hydrogen-bond donors (Lipinski definition) is 0. The monoisotopic (exact) mass is 288 g/mol. The predicted molar refractivity (Wildman–Crippen MR) is 88.9 cm³/mol. The first-order valence-electron chi connectivity index (χ1n) is 8.02. The number of unbranched alkanes of at least 4 members (excludes halogenated alkanes) is 3. The summed E-state index contributed by atoms with van der Waals surface area (Å²) in [6, 6.07) is 0. The van der Waals surface area contributed by atoms with E-state index >= 15 is 0 Å². The summed E-state index contributed by atoms with van der Waals surface area (Å²) in [6.07, 6.45) is 11.1. The molecule has 0 atom stereocenters. The fourth-order valence-corrected chi connectivity index (χ4v) is 6.77. The molecule has 0 aliphatic rings. The summed E-state index contributed by atoms with van der Waals surface area (Å²) >= 11 is 0. The van der Waals surface area contributed by atoms with Gasteiger partial charge in [0, 0.05) is 5.80 Å². The average molecular weight is 288 g/mol. The molecule has 0 saturated heterocycles. The Balaban J connectivity index is 5.01. The quantitative estimate of drug-likeness (QED) is 0.404. The van der Waals surface area contributed by atoms with E-state index in [0.717, 1.165) is 0 Å². The number of ether oxygens (including phenoxy) is 1. The van der Waals surface area contributed by atoms with Crippen molar-refractivity contribution in [3.05, 3.63) is 0 Å². The maximum Gasteiger partial charge on any atom is 0.330 e. The lowest BCUT2D eigenvalue weighted by atomic mass is 10.4. The van der Waals surface area contributed by atoms with E-state index in [1.807, 2.05) is 12.7 Å². The SMILES string of the molecule is CCCCP(=CC(=O)OCC)(CCCC)CCCC. The second-order valence-corrected chi connectivity index (χ2v) is 9.37. The van der Waals surface area contributed by atoms with E-state index in [9.17, 15) is 4.79 Å². The molecule has 3 heteroatoms. The van der Waals surface area contributed by atoms with Gasteiger partial charge in [0.05, 0.1) is 6.61 Å².